The van der Waals surface area contributed by atoms with Crippen LogP contribution in [0.4, 0.5) is 0 Å². The predicted octanol–water partition coefficient (Wildman–Crippen LogP) is 17.1. The van der Waals surface area contributed by atoms with Crippen LogP contribution < -0.4 is 0 Å². The van der Waals surface area contributed by atoms with Gasteiger partial charge in [-0.25, -0.2) is 0 Å². The molecule has 2 fully saturated rings. The van der Waals surface area contributed by atoms with Crippen molar-refractivity contribution < 1.29 is 0 Å². The van der Waals surface area contributed by atoms with Crippen LogP contribution in [0.3, 0.4) is 0 Å². The summed E-state index contributed by atoms with van der Waals surface area (Å²) in [6, 6.07) is 73.1. The molecule has 0 N–H and O–H groups in total. The van der Waals surface area contributed by atoms with Crippen molar-refractivity contribution in [1.82, 2.24) is 4.40 Å². The van der Waals surface area contributed by atoms with Gasteiger partial charge in [-0.2, -0.15) is 10.5 Å². The SMILES string of the molecule is N#Cc1cc2c(c3c1C1c4ccccc4C3c3ccccc31)c1c3cc4c(cc3cc3c5c6c(c(C#N)cc5n2c31)C1(CC62c3ccccc3-c3ccccc32)c2ccccc2-c2ccccc21)C1CC2CC(C1)CC4C2. The number of nitriles is 2. The molecule has 10 aromatic carbocycles. The number of hydrogen-bond donors (Lipinski definition) is 0. The monoisotopic (exact) mass is 977 g/mol. The van der Waals surface area contributed by atoms with E-state index in [0.717, 1.165) is 46.0 Å². The van der Waals surface area contributed by atoms with Crippen LogP contribution in [0, 0.1) is 34.5 Å². The molecule has 2 saturated carbocycles. The van der Waals surface area contributed by atoms with Crippen LogP contribution in [0.25, 0.3) is 71.1 Å². The van der Waals surface area contributed by atoms with E-state index in [9.17, 15) is 10.5 Å². The smallest absolute Gasteiger partial charge is 0.0995 e. The fraction of sp³-hybridized carbons (Fsp3) is 0.189. The molecule has 77 heavy (non-hydrogen) atoms. The maximum atomic E-state index is 12.2. The van der Waals surface area contributed by atoms with E-state index < -0.39 is 10.8 Å². The molecule has 12 aromatic rings. The molecule has 10 aliphatic carbocycles. The van der Waals surface area contributed by atoms with Crippen LogP contribution in [0.1, 0.15) is 151 Å². The van der Waals surface area contributed by atoms with Crippen molar-refractivity contribution in [3.63, 3.8) is 0 Å². The van der Waals surface area contributed by atoms with Gasteiger partial charge in [-0.05, 0) is 197 Å². The molecule has 0 saturated heterocycles. The second-order valence-electron chi connectivity index (χ2n) is 24.7. The van der Waals surface area contributed by atoms with Gasteiger partial charge >= 0.3 is 0 Å². The van der Waals surface area contributed by atoms with Gasteiger partial charge in [0.2, 0.25) is 0 Å². The predicted molar refractivity (Wildman–Crippen MR) is 306 cm³/mol. The zero-order valence-electron chi connectivity index (χ0n) is 42.3. The molecule has 2 heterocycles. The lowest BCUT2D eigenvalue weighted by molar-refractivity contribution is 0.166. The highest BCUT2D eigenvalue weighted by Gasteiger charge is 2.63. The maximum absolute atomic E-state index is 12.2. The van der Waals surface area contributed by atoms with Crippen molar-refractivity contribution in [3.8, 4) is 34.4 Å². The van der Waals surface area contributed by atoms with Crippen LogP contribution in [0.15, 0.2) is 176 Å². The Kier molecular flexibility index (Phi) is 7.07. The van der Waals surface area contributed by atoms with E-state index in [-0.39, 0.29) is 11.8 Å². The van der Waals surface area contributed by atoms with Gasteiger partial charge in [-0.3, -0.25) is 0 Å². The van der Waals surface area contributed by atoms with Gasteiger partial charge in [0.1, 0.15) is 0 Å². The highest BCUT2D eigenvalue weighted by Crippen LogP contribution is 2.72. The third-order valence-electron chi connectivity index (χ3n) is 21.8. The van der Waals surface area contributed by atoms with Gasteiger partial charge in [0.05, 0.1) is 39.8 Å². The summed E-state index contributed by atoms with van der Waals surface area (Å²) in [5.41, 5.74) is 27.4. The summed E-state index contributed by atoms with van der Waals surface area (Å²) < 4.78 is 2.57. The minimum Gasteiger partial charge on any atom is -0.308 e. The molecular formula is C74H47N3. The number of hydrogen-bond acceptors (Lipinski definition) is 2. The molecule has 2 unspecified atom stereocenters. The Morgan fingerprint density at radius 1 is 0.403 bits per heavy atom. The molecule has 2 aromatic heterocycles. The van der Waals surface area contributed by atoms with Crippen LogP contribution in [-0.4, -0.2) is 4.40 Å². The second-order valence-corrected chi connectivity index (χ2v) is 24.7. The number of fused-ring (bicyclic) bond motifs is 22. The minimum absolute atomic E-state index is 0.0335. The Morgan fingerprint density at radius 3 is 1.39 bits per heavy atom. The third-order valence-corrected chi connectivity index (χ3v) is 21.8. The molecule has 0 aliphatic heterocycles. The first-order valence-corrected chi connectivity index (χ1v) is 28.3. The van der Waals surface area contributed by atoms with E-state index in [4.69, 9.17) is 0 Å². The van der Waals surface area contributed by atoms with Gasteiger partial charge in [0, 0.05) is 44.2 Å². The lowest BCUT2D eigenvalue weighted by atomic mass is 9.59. The van der Waals surface area contributed by atoms with Gasteiger partial charge in [0.25, 0.3) is 0 Å². The second kappa shape index (κ2) is 13.4. The maximum Gasteiger partial charge on any atom is 0.0995 e. The largest absolute Gasteiger partial charge is 0.308 e. The van der Waals surface area contributed by atoms with Crippen molar-refractivity contribution in [3.05, 3.63) is 265 Å². The molecule has 2 atom stereocenters. The van der Waals surface area contributed by atoms with Gasteiger partial charge in [-0.1, -0.05) is 152 Å². The number of aromatic nitrogens is 1. The lowest BCUT2D eigenvalue weighted by Gasteiger charge is -2.43. The average Bonchev–Trinajstić information content (AvgIpc) is 3.15. The van der Waals surface area contributed by atoms with Crippen LogP contribution in [-0.2, 0) is 10.8 Å². The fourth-order valence-electron chi connectivity index (χ4n) is 19.7. The van der Waals surface area contributed by atoms with Gasteiger partial charge in [0.15, 0.2) is 0 Å². The summed E-state index contributed by atoms with van der Waals surface area (Å²) in [5.74, 6) is 2.73. The zero-order valence-corrected chi connectivity index (χ0v) is 42.3. The highest BCUT2D eigenvalue weighted by molar-refractivity contribution is 6.33. The van der Waals surface area contributed by atoms with Crippen molar-refractivity contribution in [2.24, 2.45) is 11.8 Å². The first kappa shape index (κ1) is 40.5. The van der Waals surface area contributed by atoms with Crippen LogP contribution in [0.5, 0.6) is 0 Å². The van der Waals surface area contributed by atoms with Crippen LogP contribution >= 0.6 is 0 Å². The van der Waals surface area contributed by atoms with E-state index in [0.29, 0.717) is 11.8 Å². The molecule has 2 spiro atoms. The van der Waals surface area contributed by atoms with Crippen molar-refractivity contribution in [2.75, 3.05) is 0 Å². The molecule has 3 heteroatoms. The summed E-state index contributed by atoms with van der Waals surface area (Å²) in [7, 11) is 0. The standard InChI is InChI=1S/C74H47N3/c75-35-43-32-62-68(69-63(43)64-49-17-1-3-19-51(49)65(69)52-20-4-2-18-50(52)64)67-55-34-54-41-28-38-25-39(29-41)27-40(26-38)53(54)30-42(55)31-56-66-61(77(62)72(56)67)33-44(36-76)70-71(66)74(59-23-11-7-15-47(59)48-16-8-12-24-60(48)74)37-73(70)57-21-9-5-13-45(57)46-14-6-10-22-58(46)73/h1-24,30-34,38-41,64-65H,25-29,37H2. The molecule has 0 amide bonds. The van der Waals surface area contributed by atoms with E-state index in [1.165, 1.54) is 153 Å². The molecule has 358 valence electrons. The number of rotatable bonds is 0. The first-order chi connectivity index (χ1) is 38.1. The molecular weight excluding hydrogens is 931 g/mol. The minimum atomic E-state index is -0.620. The quantitative estimate of drug-likeness (QED) is 0.152. The number of nitrogens with zero attached hydrogens (tertiary/aromatic N) is 3. The Labute approximate surface area is 445 Å². The summed E-state index contributed by atoms with van der Waals surface area (Å²) in [6.07, 6.45) is 7.40. The zero-order chi connectivity index (χ0) is 49.9. The molecule has 10 aliphatic rings. The molecule has 0 radical (unpaired) electrons. The van der Waals surface area contributed by atoms with E-state index >= 15 is 0 Å². The van der Waals surface area contributed by atoms with Crippen molar-refractivity contribution in [2.45, 2.75) is 73.0 Å². The Bertz CT molecular complexity index is 4760. The Hall–Kier alpha value is -8.76. The van der Waals surface area contributed by atoms with E-state index in [1.807, 2.05) is 0 Å². The summed E-state index contributed by atoms with van der Waals surface area (Å²) in [4.78, 5) is 0. The van der Waals surface area contributed by atoms with Crippen molar-refractivity contribution >= 4 is 48.9 Å². The molecule has 3 nitrogen and oxygen atoms in total. The van der Waals surface area contributed by atoms with Gasteiger partial charge < -0.3 is 4.40 Å². The number of benzene rings is 10. The first-order valence-electron chi connectivity index (χ1n) is 28.3. The Morgan fingerprint density at radius 2 is 0.857 bits per heavy atom. The topological polar surface area (TPSA) is 52.0 Å². The summed E-state index contributed by atoms with van der Waals surface area (Å²) in [5, 5.41) is 31.6. The molecule has 22 rings (SSSR count). The molecule has 6 bridgehead atoms. The Balaban J connectivity index is 1.03. The van der Waals surface area contributed by atoms with Crippen molar-refractivity contribution in [1.29, 1.82) is 10.5 Å². The van der Waals surface area contributed by atoms with E-state index in [1.54, 1.807) is 11.1 Å². The summed E-state index contributed by atoms with van der Waals surface area (Å²) in [6.45, 7) is 0. The van der Waals surface area contributed by atoms with Gasteiger partial charge in [-0.15, -0.1) is 0 Å². The normalized spacial score (nSPS) is 22.9. The average molecular weight is 978 g/mol. The highest BCUT2D eigenvalue weighted by atomic mass is 14.9. The van der Waals surface area contributed by atoms with Crippen LogP contribution in [0.2, 0.25) is 0 Å². The van der Waals surface area contributed by atoms with E-state index in [2.05, 4.69) is 192 Å². The third kappa shape index (κ3) is 4.39. The fourth-order valence-corrected chi connectivity index (χ4v) is 19.7. The lowest BCUT2D eigenvalue weighted by Crippen LogP contribution is -2.30. The summed E-state index contributed by atoms with van der Waals surface area (Å²) >= 11 is 0.